The summed E-state index contributed by atoms with van der Waals surface area (Å²) >= 11 is 5.40. The highest BCUT2D eigenvalue weighted by molar-refractivity contribution is 6.31. The van der Waals surface area contributed by atoms with Gasteiger partial charge in [0.15, 0.2) is 6.10 Å². The Bertz CT molecular complexity index is 203. The maximum Gasteiger partial charge on any atom is 0.307 e. The van der Waals surface area contributed by atoms with Crippen LogP contribution in [-0.2, 0) is 9.63 Å². The van der Waals surface area contributed by atoms with E-state index >= 15 is 0 Å². The monoisotopic (exact) mass is 179 g/mol. The van der Waals surface area contributed by atoms with Crippen LogP contribution in [0, 0.1) is 0 Å². The average molecular weight is 180 g/mol. The molecule has 1 rings (SSSR count). The van der Waals surface area contributed by atoms with Crippen molar-refractivity contribution in [3.8, 4) is 0 Å². The Labute approximate surface area is 67.2 Å². The standard InChI is InChI=1S/C5H6ClNO4/c6-5(10)2-7-11-3(5)1-4(8)9/h2-3,10H,1H2,(H,8,9). The fourth-order valence-electron chi connectivity index (χ4n) is 0.674. The molecule has 11 heavy (non-hydrogen) atoms. The van der Waals surface area contributed by atoms with Crippen LogP contribution < -0.4 is 0 Å². The van der Waals surface area contributed by atoms with Crippen molar-refractivity contribution >= 4 is 23.8 Å². The first-order valence-corrected chi connectivity index (χ1v) is 3.23. The number of carboxylic acids is 1. The molecule has 0 saturated heterocycles. The quantitative estimate of drug-likeness (QED) is 0.574. The Morgan fingerprint density at radius 2 is 2.55 bits per heavy atom. The van der Waals surface area contributed by atoms with Gasteiger partial charge >= 0.3 is 5.97 Å². The maximum absolute atomic E-state index is 10.1. The number of rotatable bonds is 2. The summed E-state index contributed by atoms with van der Waals surface area (Å²) in [6.45, 7) is 0. The maximum atomic E-state index is 10.1. The molecule has 0 spiro atoms. The Morgan fingerprint density at radius 1 is 1.91 bits per heavy atom. The zero-order chi connectivity index (χ0) is 8.48. The van der Waals surface area contributed by atoms with E-state index in [-0.39, 0.29) is 6.42 Å². The highest BCUT2D eigenvalue weighted by Crippen LogP contribution is 2.24. The molecule has 0 aromatic carbocycles. The second kappa shape index (κ2) is 2.67. The number of alkyl halides is 1. The molecular formula is C5H6ClNO4. The topological polar surface area (TPSA) is 79.1 Å². The molecule has 1 heterocycles. The van der Waals surface area contributed by atoms with Crippen molar-refractivity contribution in [2.24, 2.45) is 5.16 Å². The van der Waals surface area contributed by atoms with Crippen LogP contribution in [0.4, 0.5) is 0 Å². The molecule has 5 nitrogen and oxygen atoms in total. The van der Waals surface area contributed by atoms with Gasteiger partial charge in [-0.2, -0.15) is 0 Å². The zero-order valence-corrected chi connectivity index (χ0v) is 6.15. The molecule has 2 atom stereocenters. The minimum atomic E-state index is -1.78. The van der Waals surface area contributed by atoms with E-state index in [4.69, 9.17) is 21.8 Å². The van der Waals surface area contributed by atoms with Gasteiger partial charge in [0.1, 0.15) is 0 Å². The van der Waals surface area contributed by atoms with E-state index in [1.807, 2.05) is 0 Å². The number of carboxylic acid groups (broad SMARTS) is 1. The molecule has 0 aliphatic carbocycles. The first-order valence-electron chi connectivity index (χ1n) is 2.86. The normalized spacial score (nSPS) is 35.3. The molecule has 0 radical (unpaired) electrons. The molecule has 62 valence electrons. The van der Waals surface area contributed by atoms with Crippen molar-refractivity contribution < 1.29 is 19.8 Å². The smallest absolute Gasteiger partial charge is 0.307 e. The predicted octanol–water partition coefficient (Wildman–Crippen LogP) is -0.227. The van der Waals surface area contributed by atoms with Crippen LogP contribution in [0.15, 0.2) is 5.16 Å². The summed E-state index contributed by atoms with van der Waals surface area (Å²) in [5, 5.41) is 18.9. The number of oxime groups is 1. The van der Waals surface area contributed by atoms with Crippen molar-refractivity contribution in [1.29, 1.82) is 0 Å². The van der Waals surface area contributed by atoms with Gasteiger partial charge in [0.2, 0.25) is 5.06 Å². The number of hydrogen-bond donors (Lipinski definition) is 2. The molecule has 1 aliphatic rings. The summed E-state index contributed by atoms with van der Waals surface area (Å²) in [5.41, 5.74) is 0. The largest absolute Gasteiger partial charge is 0.481 e. The van der Waals surface area contributed by atoms with E-state index in [0.29, 0.717) is 0 Å². The second-order valence-electron chi connectivity index (χ2n) is 2.15. The van der Waals surface area contributed by atoms with Gasteiger partial charge in [0.05, 0.1) is 12.6 Å². The second-order valence-corrected chi connectivity index (χ2v) is 2.76. The molecule has 2 N–H and O–H groups in total. The van der Waals surface area contributed by atoms with Gasteiger partial charge in [-0.1, -0.05) is 16.8 Å². The third-order valence-corrected chi connectivity index (χ3v) is 1.57. The SMILES string of the molecule is O=C(O)CC1ON=CC1(O)Cl. The number of hydrogen-bond acceptors (Lipinski definition) is 4. The van der Waals surface area contributed by atoms with Crippen molar-refractivity contribution in [2.75, 3.05) is 0 Å². The first kappa shape index (κ1) is 8.29. The van der Waals surface area contributed by atoms with E-state index in [2.05, 4.69) is 9.99 Å². The lowest BCUT2D eigenvalue weighted by Crippen LogP contribution is -2.36. The highest BCUT2D eigenvalue weighted by Gasteiger charge is 2.41. The third kappa shape index (κ3) is 1.81. The van der Waals surface area contributed by atoms with E-state index in [1.165, 1.54) is 0 Å². The van der Waals surface area contributed by atoms with Gasteiger partial charge in [-0.25, -0.2) is 0 Å². The van der Waals surface area contributed by atoms with Gasteiger partial charge in [-0.15, -0.1) is 0 Å². The first-order chi connectivity index (χ1) is 5.02. The van der Waals surface area contributed by atoms with E-state index < -0.39 is 17.1 Å². The zero-order valence-electron chi connectivity index (χ0n) is 5.40. The molecule has 0 saturated carbocycles. The van der Waals surface area contributed by atoms with Crippen molar-refractivity contribution in [3.05, 3.63) is 0 Å². The van der Waals surface area contributed by atoms with Crippen molar-refractivity contribution in [3.63, 3.8) is 0 Å². The van der Waals surface area contributed by atoms with Crippen LogP contribution in [-0.4, -0.2) is 33.6 Å². The van der Waals surface area contributed by atoms with E-state index in [1.54, 1.807) is 0 Å². The van der Waals surface area contributed by atoms with Gasteiger partial charge in [-0.05, 0) is 0 Å². The van der Waals surface area contributed by atoms with Crippen LogP contribution in [0.3, 0.4) is 0 Å². The predicted molar refractivity (Wildman–Crippen MR) is 36.4 cm³/mol. The van der Waals surface area contributed by atoms with E-state index in [9.17, 15) is 4.79 Å². The lowest BCUT2D eigenvalue weighted by molar-refractivity contribution is -0.141. The number of nitrogens with zero attached hydrogens (tertiary/aromatic N) is 1. The van der Waals surface area contributed by atoms with E-state index in [0.717, 1.165) is 6.21 Å². The van der Waals surface area contributed by atoms with Crippen molar-refractivity contribution in [1.82, 2.24) is 0 Å². The number of halogens is 1. The molecule has 1 aliphatic heterocycles. The summed E-state index contributed by atoms with van der Waals surface area (Å²) in [6.07, 6.45) is -0.413. The van der Waals surface area contributed by atoms with Crippen molar-refractivity contribution in [2.45, 2.75) is 17.6 Å². The molecular weight excluding hydrogens is 174 g/mol. The molecule has 0 bridgehead atoms. The fraction of sp³-hybridized carbons (Fsp3) is 0.600. The summed E-state index contributed by atoms with van der Waals surface area (Å²) < 4.78 is 0. The lowest BCUT2D eigenvalue weighted by atomic mass is 10.1. The lowest BCUT2D eigenvalue weighted by Gasteiger charge is -2.16. The molecule has 2 unspecified atom stereocenters. The van der Waals surface area contributed by atoms with Crippen LogP contribution in [0.1, 0.15) is 6.42 Å². The van der Waals surface area contributed by atoms with Gasteiger partial charge in [0, 0.05) is 0 Å². The van der Waals surface area contributed by atoms with Crippen LogP contribution in [0.5, 0.6) is 0 Å². The Balaban J connectivity index is 2.55. The van der Waals surface area contributed by atoms with Gasteiger partial charge in [0.25, 0.3) is 0 Å². The Morgan fingerprint density at radius 3 is 2.91 bits per heavy atom. The van der Waals surface area contributed by atoms with Crippen LogP contribution in [0.2, 0.25) is 0 Å². The third-order valence-electron chi connectivity index (χ3n) is 1.23. The fourth-order valence-corrected chi connectivity index (χ4v) is 0.831. The Kier molecular flexibility index (Phi) is 2.01. The summed E-state index contributed by atoms with van der Waals surface area (Å²) in [4.78, 5) is 14.6. The summed E-state index contributed by atoms with van der Waals surface area (Å²) in [7, 11) is 0. The number of aliphatic hydroxyl groups is 1. The molecule has 0 aromatic heterocycles. The number of carbonyl (C=O) groups is 1. The van der Waals surface area contributed by atoms with Gasteiger partial charge < -0.3 is 15.1 Å². The number of aliphatic carboxylic acids is 1. The minimum Gasteiger partial charge on any atom is -0.481 e. The highest BCUT2D eigenvalue weighted by atomic mass is 35.5. The molecule has 0 aromatic rings. The molecule has 0 fully saturated rings. The minimum absolute atomic E-state index is 0.375. The summed E-state index contributed by atoms with van der Waals surface area (Å²) in [6, 6.07) is 0. The van der Waals surface area contributed by atoms with Crippen LogP contribution >= 0.6 is 11.6 Å². The average Bonchev–Trinajstić information content (AvgIpc) is 2.10. The Hall–Kier alpha value is -0.810. The molecule has 0 amide bonds. The van der Waals surface area contributed by atoms with Crippen LogP contribution in [0.25, 0.3) is 0 Å². The van der Waals surface area contributed by atoms with Gasteiger partial charge in [-0.3, -0.25) is 4.79 Å². The summed E-state index contributed by atoms with van der Waals surface area (Å²) in [5.74, 6) is -1.10. The molecule has 6 heteroatoms.